The van der Waals surface area contributed by atoms with Crippen molar-refractivity contribution in [3.05, 3.63) is 108 Å². The number of carbonyl (C=O) groups is 3. The Morgan fingerprint density at radius 1 is 0.810 bits per heavy atom. The molecule has 1 fully saturated rings. The number of para-hydroxylation sites is 3. The lowest BCUT2D eigenvalue weighted by Crippen LogP contribution is -2.65. The molecule has 4 aromatic carbocycles. The van der Waals surface area contributed by atoms with Gasteiger partial charge in [0.15, 0.2) is 0 Å². The zero-order valence-electron chi connectivity index (χ0n) is 22.1. The summed E-state index contributed by atoms with van der Waals surface area (Å²) in [6, 6.07) is 31.2. The number of amides is 3. The highest BCUT2D eigenvalue weighted by molar-refractivity contribution is 7.99. The highest BCUT2D eigenvalue weighted by Gasteiger charge is 2.45. The van der Waals surface area contributed by atoms with Gasteiger partial charge < -0.3 is 5.32 Å². The molecule has 1 atom stereocenters. The molecule has 0 spiro atoms. The van der Waals surface area contributed by atoms with Gasteiger partial charge in [0, 0.05) is 27.0 Å². The van der Waals surface area contributed by atoms with Crippen LogP contribution in [0, 0.1) is 5.92 Å². The van der Waals surface area contributed by atoms with Crippen molar-refractivity contribution in [2.45, 2.75) is 9.79 Å². The first-order valence-corrected chi connectivity index (χ1v) is 14.7. The second-order valence-electron chi connectivity index (χ2n) is 9.51. The molecule has 0 radical (unpaired) electrons. The zero-order valence-corrected chi connectivity index (χ0v) is 24.5. The predicted molar refractivity (Wildman–Crippen MR) is 169 cm³/mol. The van der Waals surface area contributed by atoms with E-state index < -0.39 is 17.7 Å². The van der Waals surface area contributed by atoms with Gasteiger partial charge in [-0.05, 0) is 72.9 Å². The molecule has 8 nitrogen and oxygen atoms in total. The SMILES string of the molecule is O=C1C(CNc2ccc(Cl)cc2)C(=O)N(c2ccccc2)C(=S)N1NCC(=O)N1c2ccccc2Sc2ccccc21. The van der Waals surface area contributed by atoms with Gasteiger partial charge >= 0.3 is 0 Å². The lowest BCUT2D eigenvalue weighted by atomic mass is 10.0. The van der Waals surface area contributed by atoms with Crippen molar-refractivity contribution in [2.75, 3.05) is 28.2 Å². The number of hydrazine groups is 1. The lowest BCUT2D eigenvalue weighted by molar-refractivity contribution is -0.141. The summed E-state index contributed by atoms with van der Waals surface area (Å²) in [5.41, 5.74) is 5.68. The standard InChI is InChI=1S/C31H24ClN5O3S2/c32-20-14-16-21(17-15-20)33-18-23-29(39)35(22-8-2-1-3-9-22)31(41)37(30(23)40)34-19-28(38)36-24-10-4-6-12-26(24)42-27-13-7-5-11-25(27)36/h1-17,23,33-34H,18-19H2. The molecule has 0 saturated carbocycles. The molecule has 210 valence electrons. The van der Waals surface area contributed by atoms with Gasteiger partial charge in [-0.2, -0.15) is 0 Å². The van der Waals surface area contributed by atoms with Crippen LogP contribution in [0.15, 0.2) is 113 Å². The van der Waals surface area contributed by atoms with Gasteiger partial charge in [-0.15, -0.1) is 0 Å². The molecule has 0 aromatic heterocycles. The van der Waals surface area contributed by atoms with E-state index in [-0.39, 0.29) is 24.1 Å². The topological polar surface area (TPSA) is 85.0 Å². The van der Waals surface area contributed by atoms with E-state index in [1.807, 2.05) is 54.6 Å². The summed E-state index contributed by atoms with van der Waals surface area (Å²) in [6.45, 7) is -0.227. The van der Waals surface area contributed by atoms with E-state index in [9.17, 15) is 14.4 Å². The monoisotopic (exact) mass is 613 g/mol. The normalized spacial score (nSPS) is 16.3. The lowest BCUT2D eigenvalue weighted by Gasteiger charge is -2.39. The van der Waals surface area contributed by atoms with E-state index in [2.05, 4.69) is 10.7 Å². The van der Waals surface area contributed by atoms with E-state index in [4.69, 9.17) is 23.8 Å². The maximum atomic E-state index is 13.8. The van der Waals surface area contributed by atoms with Crippen molar-refractivity contribution in [1.29, 1.82) is 0 Å². The third kappa shape index (κ3) is 5.37. The predicted octanol–water partition coefficient (Wildman–Crippen LogP) is 5.86. The van der Waals surface area contributed by atoms with Crippen LogP contribution in [0.25, 0.3) is 0 Å². The van der Waals surface area contributed by atoms with Crippen molar-refractivity contribution in [3.63, 3.8) is 0 Å². The Hall–Kier alpha value is -4.22. The summed E-state index contributed by atoms with van der Waals surface area (Å²) >= 11 is 13.2. The zero-order chi connectivity index (χ0) is 29.2. The van der Waals surface area contributed by atoms with Crippen molar-refractivity contribution >= 4 is 81.2 Å². The van der Waals surface area contributed by atoms with Crippen LogP contribution in [0.4, 0.5) is 22.7 Å². The van der Waals surface area contributed by atoms with Crippen molar-refractivity contribution in [2.24, 2.45) is 5.92 Å². The number of thiocarbonyl (C=S) groups is 1. The van der Waals surface area contributed by atoms with Gasteiger partial charge in [0.2, 0.25) is 16.9 Å². The van der Waals surface area contributed by atoms with E-state index in [0.29, 0.717) is 16.4 Å². The summed E-state index contributed by atoms with van der Waals surface area (Å²) < 4.78 is 0. The summed E-state index contributed by atoms with van der Waals surface area (Å²) in [5, 5.41) is 4.80. The van der Waals surface area contributed by atoms with Crippen molar-refractivity contribution in [1.82, 2.24) is 10.4 Å². The highest BCUT2D eigenvalue weighted by atomic mass is 35.5. The van der Waals surface area contributed by atoms with Gasteiger partial charge in [-0.3, -0.25) is 24.2 Å². The molecule has 11 heteroatoms. The summed E-state index contributed by atoms with van der Waals surface area (Å²) in [6.07, 6.45) is 0. The van der Waals surface area contributed by atoms with Crippen LogP contribution in [0.5, 0.6) is 0 Å². The molecule has 2 N–H and O–H groups in total. The molecule has 0 bridgehead atoms. The minimum atomic E-state index is -1.11. The van der Waals surface area contributed by atoms with Crippen LogP contribution in [0.3, 0.4) is 0 Å². The van der Waals surface area contributed by atoms with E-state index >= 15 is 0 Å². The maximum absolute atomic E-state index is 13.8. The maximum Gasteiger partial charge on any atom is 0.257 e. The Morgan fingerprint density at radius 2 is 1.40 bits per heavy atom. The van der Waals surface area contributed by atoms with E-state index in [0.717, 1.165) is 26.2 Å². The molecule has 1 unspecified atom stereocenters. The van der Waals surface area contributed by atoms with Crippen molar-refractivity contribution in [3.8, 4) is 0 Å². The fraction of sp³-hybridized carbons (Fsp3) is 0.0968. The quantitative estimate of drug-likeness (QED) is 0.199. The van der Waals surface area contributed by atoms with Crippen LogP contribution in [-0.2, 0) is 14.4 Å². The fourth-order valence-electron chi connectivity index (χ4n) is 4.83. The van der Waals surface area contributed by atoms with Crippen LogP contribution >= 0.6 is 35.6 Å². The summed E-state index contributed by atoms with van der Waals surface area (Å²) in [7, 11) is 0. The van der Waals surface area contributed by atoms with Crippen LogP contribution in [-0.4, -0.2) is 40.9 Å². The number of hydrogen-bond acceptors (Lipinski definition) is 7. The second kappa shape index (κ2) is 11.9. The molecule has 1 saturated heterocycles. The van der Waals surface area contributed by atoms with E-state index in [1.165, 1.54) is 4.90 Å². The minimum absolute atomic E-state index is 0.0153. The van der Waals surface area contributed by atoms with Crippen LogP contribution in [0.1, 0.15) is 0 Å². The Labute approximate surface area is 257 Å². The highest BCUT2D eigenvalue weighted by Crippen LogP contribution is 2.47. The molecular weight excluding hydrogens is 590 g/mol. The molecule has 4 aromatic rings. The number of hydrogen-bond donors (Lipinski definition) is 2. The van der Waals surface area contributed by atoms with Crippen LogP contribution in [0.2, 0.25) is 5.02 Å². The molecular formula is C31H24ClN5O3S2. The second-order valence-corrected chi connectivity index (χ2v) is 11.4. The third-order valence-electron chi connectivity index (χ3n) is 6.86. The summed E-state index contributed by atoms with van der Waals surface area (Å²) in [4.78, 5) is 46.0. The van der Waals surface area contributed by atoms with Gasteiger partial charge in [-0.25, -0.2) is 10.4 Å². The average Bonchev–Trinajstić information content (AvgIpc) is 3.01. The molecule has 3 amide bonds. The number of halogens is 1. The van der Waals surface area contributed by atoms with Gasteiger partial charge in [0.25, 0.3) is 5.91 Å². The number of anilines is 4. The molecule has 42 heavy (non-hydrogen) atoms. The number of nitrogens with zero attached hydrogens (tertiary/aromatic N) is 3. The first-order chi connectivity index (χ1) is 20.4. The Morgan fingerprint density at radius 3 is 2.05 bits per heavy atom. The summed E-state index contributed by atoms with van der Waals surface area (Å²) in [5.74, 6) is -2.41. The van der Waals surface area contributed by atoms with Gasteiger partial charge in [0.1, 0.15) is 5.92 Å². The molecule has 0 aliphatic carbocycles. The molecule has 2 aliphatic rings. The first-order valence-electron chi connectivity index (χ1n) is 13.1. The van der Waals surface area contributed by atoms with E-state index in [1.54, 1.807) is 65.2 Å². The van der Waals surface area contributed by atoms with Crippen molar-refractivity contribution < 1.29 is 14.4 Å². The van der Waals surface area contributed by atoms with Gasteiger partial charge in [-0.1, -0.05) is 65.8 Å². The number of carbonyl (C=O) groups excluding carboxylic acids is 3. The first kappa shape index (κ1) is 27.9. The van der Waals surface area contributed by atoms with Gasteiger partial charge in [0.05, 0.1) is 23.6 Å². The average molecular weight is 614 g/mol. The number of nitrogens with one attached hydrogen (secondary N) is 2. The number of fused-ring (bicyclic) bond motifs is 2. The Kier molecular flexibility index (Phi) is 7.94. The van der Waals surface area contributed by atoms with Crippen LogP contribution < -0.4 is 20.5 Å². The smallest absolute Gasteiger partial charge is 0.257 e. The molecule has 2 aliphatic heterocycles. The largest absolute Gasteiger partial charge is 0.384 e. The molecule has 6 rings (SSSR count). The minimum Gasteiger partial charge on any atom is -0.384 e. The number of rotatable bonds is 7. The Bertz CT molecular complexity index is 1640. The fourth-order valence-corrected chi connectivity index (χ4v) is 6.36. The molecule has 2 heterocycles. The third-order valence-corrected chi connectivity index (χ3v) is 8.61. The number of benzene rings is 4. The Balaban J connectivity index is 1.26.